The predicted molar refractivity (Wildman–Crippen MR) is 342 cm³/mol. The van der Waals surface area contributed by atoms with Crippen LogP contribution in [-0.4, -0.2) is 235 Å². The number of benzene rings is 1. The molecule has 0 aromatic heterocycles. The number of aliphatic carboxylic acids is 4. The number of aliphatic hydroxyl groups excluding tert-OH is 1. The van der Waals surface area contributed by atoms with E-state index < -0.39 is 248 Å². The third-order valence-electron chi connectivity index (χ3n) is 14.0. The molecule has 1 aromatic rings. The lowest BCUT2D eigenvalue weighted by molar-refractivity contribution is -0.142. The van der Waals surface area contributed by atoms with E-state index in [4.69, 9.17) is 11.5 Å². The lowest BCUT2D eigenvalue weighted by Crippen LogP contribution is -2.62. The number of aliphatic hydroxyl groups is 1. The summed E-state index contributed by atoms with van der Waals surface area (Å²) >= 11 is 4.04. The van der Waals surface area contributed by atoms with E-state index in [1.165, 1.54) is 52.0 Å². The Bertz CT molecular complexity index is 3120. The average molecular weight is 1430 g/mol. The summed E-state index contributed by atoms with van der Waals surface area (Å²) in [6.07, 6.45) is -9.03. The van der Waals surface area contributed by atoms with Gasteiger partial charge in [-0.2, -0.15) is 12.6 Å². The average Bonchev–Trinajstić information content (AvgIpc) is 0.876. The van der Waals surface area contributed by atoms with Gasteiger partial charge in [-0.15, -0.1) is 0 Å². The Morgan fingerprint density at radius 2 is 0.848 bits per heavy atom. The summed E-state index contributed by atoms with van der Waals surface area (Å²) in [5, 5.41) is 87.9. The van der Waals surface area contributed by atoms with Crippen LogP contribution in [0.2, 0.25) is 0 Å². The van der Waals surface area contributed by atoms with Crippen LogP contribution < -0.4 is 80.6 Å². The maximum Gasteiger partial charge on any atom is 0.305 e. The van der Waals surface area contributed by atoms with Crippen molar-refractivity contribution < 1.29 is 122 Å². The molecule has 0 aliphatic heterocycles. The summed E-state index contributed by atoms with van der Waals surface area (Å²) in [5.74, 6) is -24.4. The fourth-order valence-electron chi connectivity index (χ4n) is 8.70. The third kappa shape index (κ3) is 34.2. The number of carboxylic acid groups (broad SMARTS) is 4. The van der Waals surface area contributed by atoms with E-state index in [9.17, 15) is 122 Å². The smallest absolute Gasteiger partial charge is 0.305 e. The van der Waals surface area contributed by atoms with Crippen LogP contribution in [0, 0.1) is 5.92 Å². The molecule has 40 nitrogen and oxygen atoms in total. The molecule has 1 unspecified atom stereocenters. The second-order valence-corrected chi connectivity index (χ2v) is 23.1. The topological polar surface area (TPSA) is 654 Å². The Morgan fingerprint density at radius 1 is 0.434 bits per heavy atom. The highest BCUT2D eigenvalue weighted by molar-refractivity contribution is 7.80. The van der Waals surface area contributed by atoms with E-state index in [1.54, 1.807) is 0 Å². The van der Waals surface area contributed by atoms with Gasteiger partial charge in [0.05, 0.1) is 18.9 Å². The summed E-state index contributed by atoms with van der Waals surface area (Å²) in [4.78, 5) is 243. The summed E-state index contributed by atoms with van der Waals surface area (Å²) in [7, 11) is 0. The number of thiol groups is 1. The fraction of sp³-hybridized carbons (Fsp3) is 0.569. The number of hydrogen-bond acceptors (Lipinski definition) is 22. The summed E-state index contributed by atoms with van der Waals surface area (Å²) < 4.78 is 0. The van der Waals surface area contributed by atoms with E-state index >= 15 is 0 Å². The van der Waals surface area contributed by atoms with Crippen molar-refractivity contribution in [1.82, 2.24) is 69.1 Å². The number of phenols is 1. The minimum Gasteiger partial charge on any atom is -0.508 e. The second kappa shape index (κ2) is 43.4. The number of rotatable bonds is 46. The van der Waals surface area contributed by atoms with E-state index in [0.29, 0.717) is 5.56 Å². The molecule has 0 saturated heterocycles. The lowest BCUT2D eigenvalue weighted by Gasteiger charge is -2.29. The Kier molecular flexibility index (Phi) is 37.9. The number of amides is 15. The van der Waals surface area contributed by atoms with Gasteiger partial charge in [0, 0.05) is 64.8 Å². The van der Waals surface area contributed by atoms with Crippen LogP contribution in [0.5, 0.6) is 5.75 Å². The molecular formula is C58H87N15O25S. The number of nitrogens with one attached hydrogen (secondary N) is 13. The molecule has 0 fully saturated rings. The van der Waals surface area contributed by atoms with Crippen molar-refractivity contribution in [1.29, 1.82) is 0 Å². The molecule has 550 valence electrons. The van der Waals surface area contributed by atoms with Gasteiger partial charge < -0.3 is 111 Å². The first-order valence-corrected chi connectivity index (χ1v) is 31.1. The van der Waals surface area contributed by atoms with Gasteiger partial charge in [-0.1, -0.05) is 26.0 Å². The molecule has 0 aliphatic carbocycles. The van der Waals surface area contributed by atoms with Crippen molar-refractivity contribution in [3.8, 4) is 5.75 Å². The van der Waals surface area contributed by atoms with E-state index in [2.05, 4.69) is 81.7 Å². The highest BCUT2D eigenvalue weighted by Crippen LogP contribution is 2.14. The number of carboxylic acids is 4. The predicted octanol–water partition coefficient (Wildman–Crippen LogP) is -8.26. The van der Waals surface area contributed by atoms with Crippen LogP contribution >= 0.6 is 12.6 Å². The number of primary amides is 2. The minimum atomic E-state index is -2.17. The number of phenolic OH excluding ortho intramolecular Hbond substituents is 1. The van der Waals surface area contributed by atoms with Crippen molar-refractivity contribution in [3.63, 3.8) is 0 Å². The first kappa shape index (κ1) is 86.3. The maximum absolute atomic E-state index is 13.9. The van der Waals surface area contributed by atoms with E-state index in [1.807, 2.05) is 0 Å². The van der Waals surface area contributed by atoms with Gasteiger partial charge in [-0.05, 0) is 63.1 Å². The number of carbonyl (C=O) groups excluding carboxylic acids is 15. The first-order valence-electron chi connectivity index (χ1n) is 30.5. The molecule has 0 heterocycles. The van der Waals surface area contributed by atoms with Gasteiger partial charge in [0.25, 0.3) is 0 Å². The molecule has 23 N–H and O–H groups in total. The molecule has 0 saturated carbocycles. The summed E-state index contributed by atoms with van der Waals surface area (Å²) in [6.45, 7) is 6.92. The van der Waals surface area contributed by atoms with Gasteiger partial charge in [-0.3, -0.25) is 91.1 Å². The van der Waals surface area contributed by atoms with E-state index in [-0.39, 0.29) is 38.1 Å². The Morgan fingerprint density at radius 3 is 1.28 bits per heavy atom. The lowest BCUT2D eigenvalue weighted by atomic mass is 10.0. The van der Waals surface area contributed by atoms with E-state index in [0.717, 1.165) is 13.8 Å². The van der Waals surface area contributed by atoms with Gasteiger partial charge in [0.1, 0.15) is 72.2 Å². The van der Waals surface area contributed by atoms with Crippen molar-refractivity contribution in [2.24, 2.45) is 17.4 Å². The van der Waals surface area contributed by atoms with Crippen LogP contribution in [0.1, 0.15) is 111 Å². The van der Waals surface area contributed by atoms with Crippen LogP contribution in [-0.2, 0) is 97.5 Å². The molecule has 1 aromatic carbocycles. The molecule has 41 heteroatoms. The zero-order chi connectivity index (χ0) is 75.6. The molecule has 0 radical (unpaired) electrons. The van der Waals surface area contributed by atoms with Gasteiger partial charge >= 0.3 is 23.9 Å². The number of nitrogens with two attached hydrogens (primary N) is 2. The summed E-state index contributed by atoms with van der Waals surface area (Å²) in [6, 6.07) is -14.1. The normalized spacial score (nSPS) is 14.5. The minimum absolute atomic E-state index is 0.00394. The number of hydrogen-bond donors (Lipinski definition) is 22. The quantitative estimate of drug-likeness (QED) is 0.0213. The van der Waals surface area contributed by atoms with Crippen molar-refractivity contribution in [2.75, 3.05) is 18.8 Å². The molecule has 0 bridgehead atoms. The Hall–Kier alpha value is -10.7. The van der Waals surface area contributed by atoms with Crippen LogP contribution in [0.4, 0.5) is 0 Å². The molecular weight excluding hydrogens is 1340 g/mol. The highest BCUT2D eigenvalue weighted by Gasteiger charge is 2.38. The zero-order valence-corrected chi connectivity index (χ0v) is 55.7. The molecule has 0 spiro atoms. The van der Waals surface area contributed by atoms with Crippen molar-refractivity contribution in [3.05, 3.63) is 29.8 Å². The van der Waals surface area contributed by atoms with Crippen LogP contribution in [0.15, 0.2) is 24.3 Å². The molecule has 0 aliphatic rings. The monoisotopic (exact) mass is 1430 g/mol. The number of carbonyl (C=O) groups is 19. The highest BCUT2D eigenvalue weighted by atomic mass is 32.1. The fourth-order valence-corrected chi connectivity index (χ4v) is 8.96. The van der Waals surface area contributed by atoms with Gasteiger partial charge in [-0.25, -0.2) is 0 Å². The first-order chi connectivity index (χ1) is 46.1. The Labute approximate surface area is 570 Å². The molecule has 12 atom stereocenters. The van der Waals surface area contributed by atoms with Crippen molar-refractivity contribution >= 4 is 125 Å². The third-order valence-corrected chi connectivity index (χ3v) is 14.3. The zero-order valence-electron chi connectivity index (χ0n) is 54.8. The standard InChI is InChI=1S/C58H87N15O25S/c1-25(2)46(57(97)73-47(27(4)74)58(98)67-34(15-18-43(82)83)51(91)68-35(48(60)88)20-30-9-11-31(77)12-10-30)72-55(95)37(22-45(86)87)70-56(96)39(24-99)71-53(93)33(14-17-42(80)81)66-54(94)36(21-44(84)85)69-52(92)32(13-16-40(59)78)65-49(89)26(3)63-41(79)8-7-19-61-50(90)38(64-29(6)76)23-62-28(5)75/h9-12,25-27,32-39,46-47,74,77,99H,7-8,13-24H2,1-6H3,(H2,59,78)(H2,60,88)(H,61,90)(H,62,75)(H,63,79)(H,64,76)(H,65,89)(H,66,94)(H,67,98)(H,68,91)(H,69,92)(H,70,96)(H,71,93)(H,72,95)(H,73,97)(H,80,81)(H,82,83)(H,84,85)(H,86,87)/t26-,27+,32-,33-,34-,35-,36-,37-,38?,39-,46-,47+/m0/s1. The number of aromatic hydroxyl groups is 1. The SMILES string of the molecule is CC(=O)NCC(NC(C)=O)C(=O)NCCCC(=O)N[C@@H](C)C(=O)N[C@@H](CCC(N)=O)C(=O)N[C@@H](CC(=O)O)C(=O)N[C@@H](CCC(=O)O)C(=O)N[C@@H](CS)C(=O)N[C@@H](CC(=O)O)C(=O)N[C@H](C(=O)N[C@@H](C(=O)N[C@@H](CCC(=O)O)C(=O)N[C@@H](Cc1ccc(O)cc1)C(N)=O)[C@@H](C)O)C(C)C. The Balaban J connectivity index is 3.36. The largest absolute Gasteiger partial charge is 0.508 e. The van der Waals surface area contributed by atoms with Crippen LogP contribution in [0.25, 0.3) is 0 Å². The van der Waals surface area contributed by atoms with Crippen LogP contribution in [0.3, 0.4) is 0 Å². The summed E-state index contributed by atoms with van der Waals surface area (Å²) in [5.41, 5.74) is 11.2. The van der Waals surface area contributed by atoms with Gasteiger partial charge in [0.2, 0.25) is 88.6 Å². The molecule has 1 rings (SSSR count). The van der Waals surface area contributed by atoms with Gasteiger partial charge in [0.15, 0.2) is 0 Å². The maximum atomic E-state index is 13.9. The molecule has 99 heavy (non-hydrogen) atoms. The second-order valence-electron chi connectivity index (χ2n) is 22.8. The molecule has 15 amide bonds. The van der Waals surface area contributed by atoms with Crippen molar-refractivity contribution in [2.45, 2.75) is 185 Å².